The summed E-state index contributed by atoms with van der Waals surface area (Å²) in [6.07, 6.45) is -0.190. The van der Waals surface area contributed by atoms with Gasteiger partial charge < -0.3 is 15.8 Å². The maximum atomic E-state index is 5.89. The number of para-hydroxylation sites is 1. The molecule has 2 aromatic rings. The van der Waals surface area contributed by atoms with Crippen LogP contribution in [0.1, 0.15) is 0 Å². The lowest BCUT2D eigenvalue weighted by Gasteiger charge is -2.38. The quantitative estimate of drug-likeness (QED) is 0.892. The predicted octanol–water partition coefficient (Wildman–Crippen LogP) is 2.23. The number of benzene rings is 2. The topological polar surface area (TPSA) is 62.9 Å². The van der Waals surface area contributed by atoms with Gasteiger partial charge in [0.1, 0.15) is 5.75 Å². The Hall–Kier alpha value is -2.69. The second kappa shape index (κ2) is 5.13. The molecule has 0 fully saturated rings. The molecule has 0 aliphatic carbocycles. The van der Waals surface area contributed by atoms with Gasteiger partial charge >= 0.3 is 0 Å². The van der Waals surface area contributed by atoms with Gasteiger partial charge in [-0.25, -0.2) is 4.99 Å². The van der Waals surface area contributed by atoms with Crippen LogP contribution in [0, 0.1) is 0 Å². The molecule has 1 aliphatic heterocycles. The van der Waals surface area contributed by atoms with Crippen molar-refractivity contribution in [3.05, 3.63) is 54.6 Å². The third-order valence-corrected chi connectivity index (χ3v) is 3.15. The SMILES string of the molecule is COc1cccc(N2C(N)=NC2Nc2ccccc2)c1. The van der Waals surface area contributed by atoms with Crippen molar-refractivity contribution in [3.63, 3.8) is 0 Å². The number of hydrogen-bond donors (Lipinski definition) is 2. The Morgan fingerprint density at radius 1 is 1.15 bits per heavy atom. The van der Waals surface area contributed by atoms with E-state index in [1.807, 2.05) is 59.5 Å². The summed E-state index contributed by atoms with van der Waals surface area (Å²) in [7, 11) is 1.65. The Kier molecular flexibility index (Phi) is 3.16. The van der Waals surface area contributed by atoms with Crippen LogP contribution < -0.4 is 20.7 Å². The molecule has 0 radical (unpaired) electrons. The van der Waals surface area contributed by atoms with Crippen LogP contribution in [0.25, 0.3) is 0 Å². The van der Waals surface area contributed by atoms with Crippen molar-refractivity contribution in [3.8, 4) is 5.75 Å². The van der Waals surface area contributed by atoms with Gasteiger partial charge in [-0.15, -0.1) is 0 Å². The molecular weight excluding hydrogens is 252 g/mol. The molecule has 0 aromatic heterocycles. The minimum Gasteiger partial charge on any atom is -0.497 e. The maximum absolute atomic E-state index is 5.89. The summed E-state index contributed by atoms with van der Waals surface area (Å²) in [5, 5.41) is 3.31. The molecule has 0 spiro atoms. The molecule has 0 amide bonds. The molecule has 0 saturated carbocycles. The molecule has 3 N–H and O–H groups in total. The predicted molar refractivity (Wildman–Crippen MR) is 80.9 cm³/mol. The smallest absolute Gasteiger partial charge is 0.206 e. The molecule has 2 aromatic carbocycles. The highest BCUT2D eigenvalue weighted by Crippen LogP contribution is 2.27. The number of methoxy groups -OCH3 is 1. The summed E-state index contributed by atoms with van der Waals surface area (Å²) in [5.41, 5.74) is 7.84. The number of hydrogen-bond acceptors (Lipinski definition) is 5. The molecule has 3 rings (SSSR count). The highest BCUT2D eigenvalue weighted by molar-refractivity contribution is 6.00. The van der Waals surface area contributed by atoms with Gasteiger partial charge in [-0.05, 0) is 24.3 Å². The first-order valence-electron chi connectivity index (χ1n) is 6.36. The minimum absolute atomic E-state index is 0.190. The normalized spacial score (nSPS) is 17.1. The fourth-order valence-corrected chi connectivity index (χ4v) is 2.13. The number of aliphatic imine (C=N–C) groups is 1. The Labute approximate surface area is 117 Å². The van der Waals surface area contributed by atoms with Crippen molar-refractivity contribution in [1.82, 2.24) is 0 Å². The molecule has 102 valence electrons. The van der Waals surface area contributed by atoms with Gasteiger partial charge in [0.05, 0.1) is 12.8 Å². The number of ether oxygens (including phenoxy) is 1. The largest absolute Gasteiger partial charge is 0.497 e. The first kappa shape index (κ1) is 12.3. The van der Waals surface area contributed by atoms with Crippen LogP contribution >= 0.6 is 0 Å². The van der Waals surface area contributed by atoms with E-state index >= 15 is 0 Å². The van der Waals surface area contributed by atoms with Crippen LogP contribution in [0.3, 0.4) is 0 Å². The standard InChI is InChI=1S/C15H16N4O/c1-20-13-9-5-8-12(10-13)19-14(16)18-15(19)17-11-6-3-2-4-7-11/h2-10,15,17H,1H3,(H2,16,18). The molecule has 0 saturated heterocycles. The zero-order chi connectivity index (χ0) is 13.9. The van der Waals surface area contributed by atoms with Crippen molar-refractivity contribution >= 4 is 17.3 Å². The monoisotopic (exact) mass is 268 g/mol. The van der Waals surface area contributed by atoms with Gasteiger partial charge in [-0.2, -0.15) is 0 Å². The van der Waals surface area contributed by atoms with E-state index in [0.29, 0.717) is 5.96 Å². The first-order chi connectivity index (χ1) is 9.78. The average Bonchev–Trinajstić information content (AvgIpc) is 2.48. The van der Waals surface area contributed by atoms with Crippen LogP contribution in [-0.4, -0.2) is 19.4 Å². The van der Waals surface area contributed by atoms with E-state index in [1.165, 1.54) is 0 Å². The molecule has 1 heterocycles. The Morgan fingerprint density at radius 2 is 1.95 bits per heavy atom. The molecule has 0 bridgehead atoms. The van der Waals surface area contributed by atoms with Crippen molar-refractivity contribution in [1.29, 1.82) is 0 Å². The van der Waals surface area contributed by atoms with E-state index in [0.717, 1.165) is 17.1 Å². The minimum atomic E-state index is -0.190. The number of guanidine groups is 1. The van der Waals surface area contributed by atoms with E-state index in [4.69, 9.17) is 10.5 Å². The Bertz CT molecular complexity index is 627. The molecular formula is C15H16N4O. The number of anilines is 2. The summed E-state index contributed by atoms with van der Waals surface area (Å²) in [6.45, 7) is 0. The van der Waals surface area contributed by atoms with E-state index < -0.39 is 0 Å². The van der Waals surface area contributed by atoms with Gasteiger partial charge in [0.25, 0.3) is 0 Å². The Morgan fingerprint density at radius 3 is 2.65 bits per heavy atom. The highest BCUT2D eigenvalue weighted by Gasteiger charge is 2.30. The summed E-state index contributed by atoms with van der Waals surface area (Å²) in [5.74, 6) is 1.28. The summed E-state index contributed by atoms with van der Waals surface area (Å²) in [4.78, 5) is 6.22. The van der Waals surface area contributed by atoms with E-state index in [9.17, 15) is 0 Å². The van der Waals surface area contributed by atoms with Crippen LogP contribution in [0.15, 0.2) is 59.6 Å². The lowest BCUT2D eigenvalue weighted by molar-refractivity contribution is 0.415. The van der Waals surface area contributed by atoms with Crippen molar-refractivity contribution in [2.24, 2.45) is 10.7 Å². The Balaban J connectivity index is 1.81. The van der Waals surface area contributed by atoms with Gasteiger partial charge in [-0.1, -0.05) is 24.3 Å². The molecule has 1 atom stereocenters. The van der Waals surface area contributed by atoms with Gasteiger partial charge in [0.15, 0.2) is 0 Å². The molecule has 5 nitrogen and oxygen atoms in total. The fraction of sp³-hybridized carbons (Fsp3) is 0.133. The third-order valence-electron chi connectivity index (χ3n) is 3.15. The average molecular weight is 268 g/mol. The van der Waals surface area contributed by atoms with Gasteiger partial charge in [0.2, 0.25) is 12.2 Å². The third kappa shape index (κ3) is 2.25. The van der Waals surface area contributed by atoms with E-state index in [1.54, 1.807) is 7.11 Å². The van der Waals surface area contributed by atoms with Gasteiger partial charge in [0, 0.05) is 11.8 Å². The maximum Gasteiger partial charge on any atom is 0.206 e. The fourth-order valence-electron chi connectivity index (χ4n) is 2.13. The van der Waals surface area contributed by atoms with Crippen molar-refractivity contribution < 1.29 is 4.74 Å². The molecule has 20 heavy (non-hydrogen) atoms. The van der Waals surface area contributed by atoms with Crippen molar-refractivity contribution in [2.45, 2.75) is 6.29 Å². The summed E-state index contributed by atoms with van der Waals surface area (Å²) >= 11 is 0. The molecule has 1 unspecified atom stereocenters. The summed E-state index contributed by atoms with van der Waals surface area (Å²) < 4.78 is 5.23. The number of nitrogens with one attached hydrogen (secondary N) is 1. The number of nitrogens with two attached hydrogens (primary N) is 1. The van der Waals surface area contributed by atoms with Crippen LogP contribution in [0.4, 0.5) is 11.4 Å². The second-order valence-electron chi connectivity index (χ2n) is 4.44. The van der Waals surface area contributed by atoms with E-state index in [-0.39, 0.29) is 6.29 Å². The van der Waals surface area contributed by atoms with Crippen LogP contribution in [0.2, 0.25) is 0 Å². The van der Waals surface area contributed by atoms with Crippen LogP contribution in [-0.2, 0) is 0 Å². The summed E-state index contributed by atoms with van der Waals surface area (Å²) in [6, 6.07) is 17.7. The lowest BCUT2D eigenvalue weighted by atomic mass is 10.2. The van der Waals surface area contributed by atoms with Crippen LogP contribution in [0.5, 0.6) is 5.75 Å². The zero-order valence-corrected chi connectivity index (χ0v) is 11.2. The first-order valence-corrected chi connectivity index (χ1v) is 6.36. The van der Waals surface area contributed by atoms with Gasteiger partial charge in [-0.3, -0.25) is 4.90 Å². The number of rotatable bonds is 4. The second-order valence-corrected chi connectivity index (χ2v) is 4.44. The van der Waals surface area contributed by atoms with Crippen molar-refractivity contribution in [2.75, 3.05) is 17.3 Å². The number of nitrogens with zero attached hydrogens (tertiary/aromatic N) is 2. The molecule has 5 heteroatoms. The van der Waals surface area contributed by atoms with E-state index in [2.05, 4.69) is 10.3 Å². The zero-order valence-electron chi connectivity index (χ0n) is 11.2. The lowest BCUT2D eigenvalue weighted by Crippen LogP contribution is -2.56. The molecule has 1 aliphatic rings. The highest BCUT2D eigenvalue weighted by atomic mass is 16.5.